The highest BCUT2D eigenvalue weighted by Crippen LogP contribution is 2.35. The molecule has 0 radical (unpaired) electrons. The molecule has 1 aromatic carbocycles. The van der Waals surface area contributed by atoms with Gasteiger partial charge in [0.2, 0.25) is 0 Å². The van der Waals surface area contributed by atoms with E-state index >= 15 is 0 Å². The van der Waals surface area contributed by atoms with Gasteiger partial charge in [0, 0.05) is 12.1 Å². The van der Waals surface area contributed by atoms with Gasteiger partial charge in [0.15, 0.2) is 11.6 Å². The summed E-state index contributed by atoms with van der Waals surface area (Å²) < 4.78 is 26.1. The van der Waals surface area contributed by atoms with Gasteiger partial charge in [-0.05, 0) is 19.3 Å². The topological polar surface area (TPSA) is 55.2 Å². The van der Waals surface area contributed by atoms with Crippen LogP contribution in [0.4, 0.5) is 20.2 Å². The van der Waals surface area contributed by atoms with Crippen LogP contribution in [0.25, 0.3) is 0 Å². The summed E-state index contributed by atoms with van der Waals surface area (Å²) in [6.07, 6.45) is 3.23. The summed E-state index contributed by atoms with van der Waals surface area (Å²) in [5, 5.41) is 13.7. The molecular weight excluding hydrogens is 242 g/mol. The lowest BCUT2D eigenvalue weighted by atomic mass is 10.1. The second-order valence-electron chi connectivity index (χ2n) is 4.77. The number of anilines is 1. The van der Waals surface area contributed by atoms with Crippen molar-refractivity contribution in [2.75, 3.05) is 5.32 Å². The first-order chi connectivity index (χ1) is 8.47. The molecule has 1 atom stereocenters. The van der Waals surface area contributed by atoms with E-state index in [2.05, 4.69) is 5.32 Å². The highest BCUT2D eigenvalue weighted by molar-refractivity contribution is 5.62. The van der Waals surface area contributed by atoms with Crippen molar-refractivity contribution in [2.24, 2.45) is 5.92 Å². The number of rotatable bonds is 5. The molecule has 1 N–H and O–H groups in total. The SMILES string of the molecule is CC(CC1CC1)Nc1cc(F)c(F)cc1[N+](=O)[O-]. The third kappa shape index (κ3) is 2.94. The zero-order valence-electron chi connectivity index (χ0n) is 9.95. The van der Waals surface area contributed by atoms with Gasteiger partial charge in [0.1, 0.15) is 5.69 Å². The number of halogens is 2. The summed E-state index contributed by atoms with van der Waals surface area (Å²) in [5.41, 5.74) is -0.399. The van der Waals surface area contributed by atoms with E-state index in [1.807, 2.05) is 6.92 Å². The normalized spacial score (nSPS) is 16.4. The van der Waals surface area contributed by atoms with Crippen LogP contribution in [0.5, 0.6) is 0 Å². The van der Waals surface area contributed by atoms with E-state index in [1.165, 1.54) is 12.8 Å². The molecule has 1 fully saturated rings. The number of benzene rings is 1. The first-order valence-corrected chi connectivity index (χ1v) is 5.87. The molecule has 1 saturated carbocycles. The van der Waals surface area contributed by atoms with Gasteiger partial charge in [0.05, 0.1) is 11.0 Å². The van der Waals surface area contributed by atoms with Crippen molar-refractivity contribution in [1.82, 2.24) is 0 Å². The van der Waals surface area contributed by atoms with E-state index in [9.17, 15) is 18.9 Å². The van der Waals surface area contributed by atoms with E-state index < -0.39 is 22.2 Å². The number of hydrogen-bond acceptors (Lipinski definition) is 3. The van der Waals surface area contributed by atoms with Crippen LogP contribution >= 0.6 is 0 Å². The summed E-state index contributed by atoms with van der Waals surface area (Å²) in [6, 6.07) is 1.46. The Morgan fingerprint density at radius 1 is 1.44 bits per heavy atom. The van der Waals surface area contributed by atoms with Crippen LogP contribution in [0, 0.1) is 27.7 Å². The maximum absolute atomic E-state index is 13.1. The summed E-state index contributed by atoms with van der Waals surface area (Å²) >= 11 is 0. The van der Waals surface area contributed by atoms with E-state index in [-0.39, 0.29) is 11.7 Å². The van der Waals surface area contributed by atoms with Crippen molar-refractivity contribution in [1.29, 1.82) is 0 Å². The highest BCUT2D eigenvalue weighted by Gasteiger charge is 2.25. The average Bonchev–Trinajstić information content (AvgIpc) is 3.06. The van der Waals surface area contributed by atoms with E-state index in [4.69, 9.17) is 0 Å². The molecule has 0 heterocycles. The molecule has 1 aliphatic rings. The Bertz CT molecular complexity index is 475. The van der Waals surface area contributed by atoms with Crippen LogP contribution in [0.15, 0.2) is 12.1 Å². The van der Waals surface area contributed by atoms with Gasteiger partial charge >= 0.3 is 0 Å². The second kappa shape index (κ2) is 4.88. The van der Waals surface area contributed by atoms with Gasteiger partial charge in [-0.15, -0.1) is 0 Å². The van der Waals surface area contributed by atoms with Gasteiger partial charge in [-0.2, -0.15) is 0 Å². The molecule has 2 rings (SSSR count). The number of nitrogens with one attached hydrogen (secondary N) is 1. The van der Waals surface area contributed by atoms with Gasteiger partial charge < -0.3 is 5.32 Å². The minimum atomic E-state index is -1.21. The maximum Gasteiger partial charge on any atom is 0.295 e. The zero-order valence-corrected chi connectivity index (χ0v) is 9.95. The van der Waals surface area contributed by atoms with Crippen LogP contribution in [-0.4, -0.2) is 11.0 Å². The van der Waals surface area contributed by atoms with Crippen LogP contribution in [0.2, 0.25) is 0 Å². The summed E-state index contributed by atoms with van der Waals surface area (Å²) in [5.74, 6) is -1.64. The molecule has 0 saturated heterocycles. The summed E-state index contributed by atoms with van der Waals surface area (Å²) in [7, 11) is 0. The molecule has 4 nitrogen and oxygen atoms in total. The fourth-order valence-corrected chi connectivity index (χ4v) is 1.98. The van der Waals surface area contributed by atoms with Crippen LogP contribution in [0.1, 0.15) is 26.2 Å². The van der Waals surface area contributed by atoms with Crippen molar-refractivity contribution in [3.63, 3.8) is 0 Å². The van der Waals surface area contributed by atoms with Crippen LogP contribution in [0.3, 0.4) is 0 Å². The van der Waals surface area contributed by atoms with Crippen LogP contribution < -0.4 is 5.32 Å². The van der Waals surface area contributed by atoms with E-state index in [1.54, 1.807) is 0 Å². The highest BCUT2D eigenvalue weighted by atomic mass is 19.2. The average molecular weight is 256 g/mol. The molecule has 0 spiro atoms. The molecule has 0 bridgehead atoms. The molecule has 0 amide bonds. The molecule has 0 aliphatic heterocycles. The fraction of sp³-hybridized carbons (Fsp3) is 0.500. The van der Waals surface area contributed by atoms with Gasteiger partial charge in [-0.3, -0.25) is 10.1 Å². The second-order valence-corrected chi connectivity index (χ2v) is 4.77. The Morgan fingerprint density at radius 2 is 2.06 bits per heavy atom. The molecular formula is C12H14F2N2O2. The Kier molecular flexibility index (Phi) is 3.45. The largest absolute Gasteiger partial charge is 0.377 e. The van der Waals surface area contributed by atoms with Gasteiger partial charge in [-0.1, -0.05) is 12.8 Å². The Labute approximate surface area is 103 Å². The predicted molar refractivity (Wildman–Crippen MR) is 63.4 cm³/mol. The molecule has 18 heavy (non-hydrogen) atoms. The molecule has 1 aliphatic carbocycles. The molecule has 0 aromatic heterocycles. The van der Waals surface area contributed by atoms with Crippen molar-refractivity contribution in [3.8, 4) is 0 Å². The number of hydrogen-bond donors (Lipinski definition) is 1. The zero-order chi connectivity index (χ0) is 13.3. The number of nitro benzene ring substituents is 1. The molecule has 1 aromatic rings. The maximum atomic E-state index is 13.1. The summed E-state index contributed by atoms with van der Waals surface area (Å²) in [4.78, 5) is 10.1. The van der Waals surface area contributed by atoms with Crippen molar-refractivity contribution >= 4 is 11.4 Å². The van der Waals surface area contributed by atoms with E-state index in [0.717, 1.165) is 12.5 Å². The smallest absolute Gasteiger partial charge is 0.295 e. The number of nitrogens with zero attached hydrogens (tertiary/aromatic N) is 1. The van der Waals surface area contributed by atoms with Gasteiger partial charge in [0.25, 0.3) is 5.69 Å². The third-order valence-electron chi connectivity index (χ3n) is 3.02. The Morgan fingerprint density at radius 3 is 2.61 bits per heavy atom. The monoisotopic (exact) mass is 256 g/mol. The van der Waals surface area contributed by atoms with Crippen molar-refractivity contribution < 1.29 is 13.7 Å². The molecule has 98 valence electrons. The lowest BCUT2D eigenvalue weighted by Crippen LogP contribution is -2.17. The van der Waals surface area contributed by atoms with Crippen LogP contribution in [-0.2, 0) is 0 Å². The standard InChI is InChI=1S/C12H14F2N2O2/c1-7(4-8-2-3-8)15-11-5-9(13)10(14)6-12(11)16(17)18/h5-8,15H,2-4H2,1H3. The predicted octanol–water partition coefficient (Wildman–Crippen LogP) is 3.47. The molecule has 1 unspecified atom stereocenters. The quantitative estimate of drug-likeness (QED) is 0.648. The minimum Gasteiger partial charge on any atom is -0.377 e. The Hall–Kier alpha value is -1.72. The van der Waals surface area contributed by atoms with E-state index in [0.29, 0.717) is 12.0 Å². The lowest BCUT2D eigenvalue weighted by Gasteiger charge is -2.15. The van der Waals surface area contributed by atoms with Crippen molar-refractivity contribution in [2.45, 2.75) is 32.2 Å². The Balaban J connectivity index is 2.18. The summed E-state index contributed by atoms with van der Waals surface area (Å²) in [6.45, 7) is 1.88. The fourth-order valence-electron chi connectivity index (χ4n) is 1.98. The minimum absolute atomic E-state index is 0.000983. The first-order valence-electron chi connectivity index (χ1n) is 5.87. The lowest BCUT2D eigenvalue weighted by molar-refractivity contribution is -0.384. The third-order valence-corrected chi connectivity index (χ3v) is 3.02. The molecule has 6 heteroatoms. The number of nitro groups is 1. The van der Waals surface area contributed by atoms with Gasteiger partial charge in [-0.25, -0.2) is 8.78 Å². The first kappa shape index (κ1) is 12.7. The van der Waals surface area contributed by atoms with Crippen molar-refractivity contribution in [3.05, 3.63) is 33.9 Å².